The van der Waals surface area contributed by atoms with E-state index in [4.69, 9.17) is 9.15 Å². The zero-order chi connectivity index (χ0) is 15.4. The number of aryl methyl sites for hydroxylation is 1. The Bertz CT molecular complexity index is 666. The van der Waals surface area contributed by atoms with Crippen molar-refractivity contribution in [1.29, 1.82) is 0 Å². The van der Waals surface area contributed by atoms with E-state index in [0.29, 0.717) is 11.4 Å². The summed E-state index contributed by atoms with van der Waals surface area (Å²) in [5.74, 6) is 1.25. The van der Waals surface area contributed by atoms with Gasteiger partial charge >= 0.3 is 0 Å². The smallest absolute Gasteiger partial charge is 0.248 e. The Morgan fingerprint density at radius 1 is 1.55 bits per heavy atom. The summed E-state index contributed by atoms with van der Waals surface area (Å²) in [5.41, 5.74) is 0.670. The Kier molecular flexibility index (Phi) is 4.39. The lowest BCUT2D eigenvalue weighted by atomic mass is 10.2. The van der Waals surface area contributed by atoms with Crippen molar-refractivity contribution in [3.05, 3.63) is 42.1 Å². The topological polar surface area (TPSA) is 69.3 Å². The van der Waals surface area contributed by atoms with Crippen molar-refractivity contribution in [3.63, 3.8) is 0 Å². The summed E-state index contributed by atoms with van der Waals surface area (Å²) in [7, 11) is 0. The summed E-state index contributed by atoms with van der Waals surface area (Å²) < 4.78 is 12.7. The van der Waals surface area contributed by atoms with Crippen LogP contribution in [0.15, 0.2) is 35.0 Å². The number of hydrogen-bond acceptors (Lipinski definition) is 4. The molecule has 1 fully saturated rings. The highest BCUT2D eigenvalue weighted by molar-refractivity contribution is 6.01. The number of amides is 1. The molecule has 3 heterocycles. The van der Waals surface area contributed by atoms with Crippen molar-refractivity contribution >= 4 is 17.7 Å². The van der Waals surface area contributed by atoms with Crippen molar-refractivity contribution < 1.29 is 13.9 Å². The fourth-order valence-corrected chi connectivity index (χ4v) is 2.41. The lowest BCUT2D eigenvalue weighted by Gasteiger charge is -2.08. The standard InChI is InChI=1S/C16H19N3O3/c1-12-4-5-14(22-12)6-7-16(20)18-13-9-17-19(10-13)11-15-3-2-8-21-15/h4-7,9-10,15H,2-3,8,11H2,1H3,(H,18,20)/b7-6+/t15-/m1/s1. The molecule has 0 radical (unpaired) electrons. The van der Waals surface area contributed by atoms with Crippen molar-refractivity contribution in [2.75, 3.05) is 11.9 Å². The van der Waals surface area contributed by atoms with Crippen molar-refractivity contribution in [3.8, 4) is 0 Å². The van der Waals surface area contributed by atoms with Gasteiger partial charge in [-0.1, -0.05) is 0 Å². The van der Waals surface area contributed by atoms with Gasteiger partial charge in [0.15, 0.2) is 0 Å². The zero-order valence-corrected chi connectivity index (χ0v) is 12.5. The molecule has 1 amide bonds. The number of nitrogens with zero attached hydrogens (tertiary/aromatic N) is 2. The van der Waals surface area contributed by atoms with Crippen LogP contribution >= 0.6 is 0 Å². The molecule has 0 unspecified atom stereocenters. The number of hydrogen-bond donors (Lipinski definition) is 1. The quantitative estimate of drug-likeness (QED) is 0.862. The van der Waals surface area contributed by atoms with Gasteiger partial charge in [0.25, 0.3) is 0 Å². The average Bonchev–Trinajstić information content (AvgIpc) is 3.21. The highest BCUT2D eigenvalue weighted by atomic mass is 16.5. The molecule has 0 bridgehead atoms. The molecule has 22 heavy (non-hydrogen) atoms. The predicted octanol–water partition coefficient (Wildman–Crippen LogP) is 2.62. The summed E-state index contributed by atoms with van der Waals surface area (Å²) in [4.78, 5) is 11.8. The molecule has 2 aromatic rings. The number of furan rings is 1. The van der Waals surface area contributed by atoms with Gasteiger partial charge < -0.3 is 14.5 Å². The fourth-order valence-electron chi connectivity index (χ4n) is 2.41. The molecule has 2 aromatic heterocycles. The number of anilines is 1. The van der Waals surface area contributed by atoms with Crippen LogP contribution in [-0.4, -0.2) is 28.4 Å². The van der Waals surface area contributed by atoms with E-state index in [1.165, 1.54) is 6.08 Å². The molecule has 0 aliphatic carbocycles. The Morgan fingerprint density at radius 2 is 2.45 bits per heavy atom. The first-order valence-electron chi connectivity index (χ1n) is 7.38. The molecule has 0 saturated carbocycles. The second kappa shape index (κ2) is 6.62. The van der Waals surface area contributed by atoms with Crippen LogP contribution < -0.4 is 5.32 Å². The van der Waals surface area contributed by atoms with Gasteiger partial charge in [0, 0.05) is 18.9 Å². The SMILES string of the molecule is Cc1ccc(/C=C/C(=O)Nc2cnn(C[C@H]3CCCO3)c2)o1. The Labute approximate surface area is 128 Å². The Hall–Kier alpha value is -2.34. The van der Waals surface area contributed by atoms with Gasteiger partial charge in [-0.2, -0.15) is 5.10 Å². The first-order chi connectivity index (χ1) is 10.7. The molecule has 6 nitrogen and oxygen atoms in total. The highest BCUT2D eigenvalue weighted by Crippen LogP contribution is 2.15. The number of aromatic nitrogens is 2. The number of ether oxygens (including phenoxy) is 1. The Balaban J connectivity index is 1.53. The molecule has 1 atom stereocenters. The van der Waals surface area contributed by atoms with Gasteiger partial charge in [-0.15, -0.1) is 0 Å². The van der Waals surface area contributed by atoms with E-state index >= 15 is 0 Å². The highest BCUT2D eigenvalue weighted by Gasteiger charge is 2.16. The summed E-state index contributed by atoms with van der Waals surface area (Å²) in [6, 6.07) is 3.67. The van der Waals surface area contributed by atoms with Gasteiger partial charge in [-0.3, -0.25) is 9.48 Å². The third kappa shape index (κ3) is 3.85. The molecular formula is C16H19N3O3. The maximum absolute atomic E-state index is 11.8. The second-order valence-corrected chi connectivity index (χ2v) is 5.36. The third-order valence-electron chi connectivity index (χ3n) is 3.48. The van der Waals surface area contributed by atoms with E-state index in [1.54, 1.807) is 17.0 Å². The van der Waals surface area contributed by atoms with Crippen LogP contribution in [-0.2, 0) is 16.1 Å². The largest absolute Gasteiger partial charge is 0.462 e. The number of carbonyl (C=O) groups is 1. The minimum atomic E-state index is -0.217. The molecule has 0 aromatic carbocycles. The summed E-state index contributed by atoms with van der Waals surface area (Å²) >= 11 is 0. The van der Waals surface area contributed by atoms with Gasteiger partial charge in [-0.25, -0.2) is 0 Å². The molecule has 1 aliphatic heterocycles. The zero-order valence-electron chi connectivity index (χ0n) is 12.5. The molecule has 3 rings (SSSR count). The van der Waals surface area contributed by atoms with Crippen LogP contribution in [0.3, 0.4) is 0 Å². The predicted molar refractivity (Wildman–Crippen MR) is 82.3 cm³/mol. The van der Waals surface area contributed by atoms with Crippen molar-refractivity contribution in [2.45, 2.75) is 32.4 Å². The second-order valence-electron chi connectivity index (χ2n) is 5.36. The summed E-state index contributed by atoms with van der Waals surface area (Å²) in [6.07, 6.45) is 8.92. The maximum Gasteiger partial charge on any atom is 0.248 e. The van der Waals surface area contributed by atoms with Crippen LogP contribution in [0.4, 0.5) is 5.69 Å². The van der Waals surface area contributed by atoms with Crippen LogP contribution in [0.2, 0.25) is 0 Å². The lowest BCUT2D eigenvalue weighted by Crippen LogP contribution is -2.15. The van der Waals surface area contributed by atoms with Gasteiger partial charge in [0.2, 0.25) is 5.91 Å². The minimum absolute atomic E-state index is 0.217. The Morgan fingerprint density at radius 3 is 3.18 bits per heavy atom. The normalized spacial score (nSPS) is 18.1. The monoisotopic (exact) mass is 301 g/mol. The van der Waals surface area contributed by atoms with E-state index in [2.05, 4.69) is 10.4 Å². The molecule has 1 saturated heterocycles. The van der Waals surface area contributed by atoms with E-state index in [-0.39, 0.29) is 12.0 Å². The first-order valence-corrected chi connectivity index (χ1v) is 7.38. The minimum Gasteiger partial charge on any atom is -0.462 e. The lowest BCUT2D eigenvalue weighted by molar-refractivity contribution is -0.111. The molecule has 1 aliphatic rings. The number of nitrogens with one attached hydrogen (secondary N) is 1. The average molecular weight is 301 g/mol. The van der Waals surface area contributed by atoms with E-state index in [1.807, 2.05) is 25.3 Å². The molecule has 1 N–H and O–H groups in total. The van der Waals surface area contributed by atoms with Crippen LogP contribution in [0.1, 0.15) is 24.4 Å². The number of rotatable bonds is 5. The van der Waals surface area contributed by atoms with E-state index in [0.717, 1.165) is 31.8 Å². The molecule has 6 heteroatoms. The van der Waals surface area contributed by atoms with Crippen molar-refractivity contribution in [2.24, 2.45) is 0 Å². The van der Waals surface area contributed by atoms with Crippen molar-refractivity contribution in [1.82, 2.24) is 9.78 Å². The van der Waals surface area contributed by atoms with Gasteiger partial charge in [0.1, 0.15) is 11.5 Å². The molecule has 0 spiro atoms. The maximum atomic E-state index is 11.8. The molecular weight excluding hydrogens is 282 g/mol. The first kappa shape index (κ1) is 14.6. The number of carbonyl (C=O) groups excluding carboxylic acids is 1. The molecule has 116 valence electrons. The van der Waals surface area contributed by atoms with Crippen LogP contribution in [0.5, 0.6) is 0 Å². The summed E-state index contributed by atoms with van der Waals surface area (Å²) in [5, 5.41) is 7.01. The third-order valence-corrected chi connectivity index (χ3v) is 3.48. The van der Waals surface area contributed by atoms with Gasteiger partial charge in [-0.05, 0) is 38.0 Å². The van der Waals surface area contributed by atoms with E-state index < -0.39 is 0 Å². The van der Waals surface area contributed by atoms with E-state index in [9.17, 15) is 4.79 Å². The van der Waals surface area contributed by atoms with Gasteiger partial charge in [0.05, 0.1) is 24.5 Å². The van der Waals surface area contributed by atoms with Crippen LogP contribution in [0.25, 0.3) is 6.08 Å². The fraction of sp³-hybridized carbons (Fsp3) is 0.375. The summed E-state index contributed by atoms with van der Waals surface area (Å²) in [6.45, 7) is 3.41. The van der Waals surface area contributed by atoms with Crippen LogP contribution in [0, 0.1) is 6.92 Å².